The standard InChI is InChI=1S/C11H17NS/c1-5-9(2)10(3)11(4)12-6-7-13-8-12/h2-8H2,1H3. The predicted molar refractivity (Wildman–Crippen MR) is 61.7 cm³/mol. The van der Waals surface area contributed by atoms with E-state index in [-0.39, 0.29) is 0 Å². The number of nitrogens with zero attached hydrogens (tertiary/aromatic N) is 1. The van der Waals surface area contributed by atoms with E-state index >= 15 is 0 Å². The monoisotopic (exact) mass is 195 g/mol. The molecule has 1 saturated heterocycles. The van der Waals surface area contributed by atoms with E-state index in [0.717, 1.165) is 35.7 Å². The third-order valence-electron chi connectivity index (χ3n) is 2.34. The first-order valence-electron chi connectivity index (χ1n) is 4.55. The fourth-order valence-corrected chi connectivity index (χ4v) is 2.22. The maximum Gasteiger partial charge on any atom is 0.0640 e. The van der Waals surface area contributed by atoms with E-state index in [9.17, 15) is 0 Å². The average Bonchev–Trinajstić information content (AvgIpc) is 2.67. The molecule has 1 nitrogen and oxygen atoms in total. The summed E-state index contributed by atoms with van der Waals surface area (Å²) in [6, 6.07) is 0. The van der Waals surface area contributed by atoms with E-state index < -0.39 is 0 Å². The van der Waals surface area contributed by atoms with Crippen molar-refractivity contribution in [3.05, 3.63) is 36.6 Å². The molecule has 13 heavy (non-hydrogen) atoms. The molecule has 1 aliphatic heterocycles. The Morgan fingerprint density at radius 3 is 2.54 bits per heavy atom. The molecule has 1 aliphatic rings. The molecule has 1 heterocycles. The maximum atomic E-state index is 4.06. The van der Waals surface area contributed by atoms with Gasteiger partial charge in [-0.25, -0.2) is 0 Å². The third kappa shape index (κ3) is 2.41. The molecule has 1 rings (SSSR count). The van der Waals surface area contributed by atoms with Crippen LogP contribution in [-0.2, 0) is 0 Å². The molecule has 72 valence electrons. The van der Waals surface area contributed by atoms with Crippen molar-refractivity contribution in [2.45, 2.75) is 13.3 Å². The van der Waals surface area contributed by atoms with Crippen LogP contribution in [0.15, 0.2) is 36.6 Å². The largest absolute Gasteiger partial charge is 0.361 e. The van der Waals surface area contributed by atoms with Gasteiger partial charge >= 0.3 is 0 Å². The van der Waals surface area contributed by atoms with Gasteiger partial charge in [0, 0.05) is 18.0 Å². The van der Waals surface area contributed by atoms with Crippen molar-refractivity contribution in [1.29, 1.82) is 0 Å². The SMILES string of the molecule is C=C(CC)C(=C)C(=C)N1CCSC1. The van der Waals surface area contributed by atoms with Gasteiger partial charge in [0.25, 0.3) is 0 Å². The number of rotatable bonds is 4. The van der Waals surface area contributed by atoms with Crippen molar-refractivity contribution in [1.82, 2.24) is 4.90 Å². The Balaban J connectivity index is 2.56. The Morgan fingerprint density at radius 1 is 1.38 bits per heavy atom. The fourth-order valence-electron chi connectivity index (χ4n) is 1.24. The van der Waals surface area contributed by atoms with Crippen molar-refractivity contribution in [2.75, 3.05) is 18.2 Å². The maximum absolute atomic E-state index is 4.06. The second kappa shape index (κ2) is 4.56. The van der Waals surface area contributed by atoms with Crippen molar-refractivity contribution in [3.63, 3.8) is 0 Å². The van der Waals surface area contributed by atoms with E-state index in [4.69, 9.17) is 0 Å². The minimum atomic E-state index is 0.957. The molecule has 2 heteroatoms. The summed E-state index contributed by atoms with van der Waals surface area (Å²) in [5.41, 5.74) is 3.17. The van der Waals surface area contributed by atoms with Gasteiger partial charge in [-0.15, -0.1) is 11.8 Å². The summed E-state index contributed by atoms with van der Waals surface area (Å²) in [6.07, 6.45) is 0.957. The van der Waals surface area contributed by atoms with Crippen LogP contribution in [0.3, 0.4) is 0 Å². The van der Waals surface area contributed by atoms with E-state index in [1.165, 1.54) is 5.75 Å². The molecule has 0 radical (unpaired) electrons. The molecule has 0 amide bonds. The molecule has 0 aromatic carbocycles. The number of hydrogen-bond donors (Lipinski definition) is 0. The van der Waals surface area contributed by atoms with Crippen molar-refractivity contribution >= 4 is 11.8 Å². The zero-order chi connectivity index (χ0) is 9.84. The molecule has 0 aromatic rings. The van der Waals surface area contributed by atoms with E-state index in [0.29, 0.717) is 0 Å². The van der Waals surface area contributed by atoms with E-state index in [1.54, 1.807) is 0 Å². The topological polar surface area (TPSA) is 3.24 Å². The highest BCUT2D eigenvalue weighted by Gasteiger charge is 2.16. The lowest BCUT2D eigenvalue weighted by atomic mass is 10.0. The smallest absolute Gasteiger partial charge is 0.0640 e. The van der Waals surface area contributed by atoms with Crippen LogP contribution in [-0.4, -0.2) is 23.1 Å². The van der Waals surface area contributed by atoms with Crippen LogP contribution < -0.4 is 0 Å². The highest BCUT2D eigenvalue weighted by Crippen LogP contribution is 2.25. The lowest BCUT2D eigenvalue weighted by molar-refractivity contribution is 0.458. The Morgan fingerprint density at radius 2 is 2.08 bits per heavy atom. The van der Waals surface area contributed by atoms with Crippen LogP contribution in [0.5, 0.6) is 0 Å². The van der Waals surface area contributed by atoms with Gasteiger partial charge in [0.15, 0.2) is 0 Å². The molecule has 0 spiro atoms. The average molecular weight is 195 g/mol. The fraction of sp³-hybridized carbons (Fsp3) is 0.455. The highest BCUT2D eigenvalue weighted by atomic mass is 32.2. The summed E-state index contributed by atoms with van der Waals surface area (Å²) in [6.45, 7) is 15.2. The van der Waals surface area contributed by atoms with Gasteiger partial charge in [-0.05, 0) is 17.6 Å². The summed E-state index contributed by atoms with van der Waals surface area (Å²) < 4.78 is 0. The van der Waals surface area contributed by atoms with Gasteiger partial charge in [-0.2, -0.15) is 0 Å². The molecule has 0 saturated carbocycles. The van der Waals surface area contributed by atoms with Crippen LogP contribution in [0, 0.1) is 0 Å². The first-order valence-corrected chi connectivity index (χ1v) is 5.71. The summed E-state index contributed by atoms with van der Waals surface area (Å²) in [5.74, 6) is 2.25. The van der Waals surface area contributed by atoms with Crippen LogP contribution >= 0.6 is 11.8 Å². The molecule has 0 unspecified atom stereocenters. The summed E-state index contributed by atoms with van der Waals surface area (Å²) >= 11 is 1.94. The van der Waals surface area contributed by atoms with Crippen LogP contribution in [0.25, 0.3) is 0 Å². The molecule has 0 bridgehead atoms. The van der Waals surface area contributed by atoms with Gasteiger partial charge in [0.1, 0.15) is 0 Å². The Hall–Kier alpha value is -0.630. The van der Waals surface area contributed by atoms with Crippen LogP contribution in [0.2, 0.25) is 0 Å². The van der Waals surface area contributed by atoms with Crippen molar-refractivity contribution < 1.29 is 0 Å². The summed E-state index contributed by atoms with van der Waals surface area (Å²) in [7, 11) is 0. The van der Waals surface area contributed by atoms with Crippen LogP contribution in [0.1, 0.15) is 13.3 Å². The van der Waals surface area contributed by atoms with Gasteiger partial charge in [0.2, 0.25) is 0 Å². The molecule has 0 aliphatic carbocycles. The number of hydrogen-bond acceptors (Lipinski definition) is 2. The minimum Gasteiger partial charge on any atom is -0.361 e. The Kier molecular flexibility index (Phi) is 3.67. The second-order valence-electron chi connectivity index (χ2n) is 3.18. The summed E-state index contributed by atoms with van der Waals surface area (Å²) in [5, 5.41) is 0. The molecule has 0 N–H and O–H groups in total. The Labute approximate surface area is 85.2 Å². The lowest BCUT2D eigenvalue weighted by Crippen LogP contribution is -2.19. The predicted octanol–water partition coefficient (Wildman–Crippen LogP) is 3.03. The normalized spacial score (nSPS) is 15.9. The van der Waals surface area contributed by atoms with Crippen molar-refractivity contribution in [3.8, 4) is 0 Å². The zero-order valence-corrected chi connectivity index (χ0v) is 9.12. The third-order valence-corrected chi connectivity index (χ3v) is 3.30. The highest BCUT2D eigenvalue weighted by molar-refractivity contribution is 7.99. The number of thioether (sulfide) groups is 1. The van der Waals surface area contributed by atoms with Gasteiger partial charge < -0.3 is 4.90 Å². The van der Waals surface area contributed by atoms with Gasteiger partial charge in [0.05, 0.1) is 5.88 Å². The molecule has 1 fully saturated rings. The Bertz CT molecular complexity index is 236. The van der Waals surface area contributed by atoms with Crippen LogP contribution in [0.4, 0.5) is 0 Å². The zero-order valence-electron chi connectivity index (χ0n) is 8.31. The molecule has 0 aromatic heterocycles. The van der Waals surface area contributed by atoms with Crippen molar-refractivity contribution in [2.24, 2.45) is 0 Å². The molecule has 0 atom stereocenters. The molecular formula is C11H17NS. The number of allylic oxidation sites excluding steroid dienone is 1. The van der Waals surface area contributed by atoms with Gasteiger partial charge in [-0.3, -0.25) is 0 Å². The lowest BCUT2D eigenvalue weighted by Gasteiger charge is -2.22. The first kappa shape index (κ1) is 10.5. The molecular weight excluding hydrogens is 178 g/mol. The quantitative estimate of drug-likeness (QED) is 0.634. The second-order valence-corrected chi connectivity index (χ2v) is 4.26. The minimum absolute atomic E-state index is 0.957. The summed E-state index contributed by atoms with van der Waals surface area (Å²) in [4.78, 5) is 2.27. The van der Waals surface area contributed by atoms with E-state index in [2.05, 4.69) is 31.6 Å². The first-order chi connectivity index (χ1) is 6.16. The van der Waals surface area contributed by atoms with E-state index in [1.807, 2.05) is 11.8 Å². The van der Waals surface area contributed by atoms with Gasteiger partial charge in [-0.1, -0.05) is 26.7 Å².